The number of ether oxygens (including phenoxy) is 1. The number of methoxy groups -OCH3 is 1. The monoisotopic (exact) mass is 268 g/mol. The number of imidazole rings is 1. The number of para-hydroxylation sites is 1. The molecule has 20 heavy (non-hydrogen) atoms. The van der Waals surface area contributed by atoms with Gasteiger partial charge in [0.1, 0.15) is 5.82 Å². The van der Waals surface area contributed by atoms with Crippen molar-refractivity contribution in [1.29, 1.82) is 0 Å². The quantitative estimate of drug-likeness (QED) is 0.746. The minimum absolute atomic E-state index is 0.581. The van der Waals surface area contributed by atoms with E-state index in [2.05, 4.69) is 20.3 Å². The van der Waals surface area contributed by atoms with Crippen molar-refractivity contribution in [3.8, 4) is 5.88 Å². The Bertz CT molecular complexity index is 693. The third-order valence-electron chi connectivity index (χ3n) is 3.04. The number of nitrogens with one attached hydrogen (secondary N) is 2. The van der Waals surface area contributed by atoms with Crippen LogP contribution in [0.1, 0.15) is 5.82 Å². The van der Waals surface area contributed by atoms with Crippen LogP contribution in [0.25, 0.3) is 11.2 Å². The zero-order valence-electron chi connectivity index (χ0n) is 11.3. The molecule has 0 fully saturated rings. The Morgan fingerprint density at radius 1 is 1.10 bits per heavy atom. The van der Waals surface area contributed by atoms with Gasteiger partial charge >= 0.3 is 0 Å². The molecule has 1 aromatic carbocycles. The van der Waals surface area contributed by atoms with Gasteiger partial charge in [-0.2, -0.15) is 4.98 Å². The molecule has 0 atom stereocenters. The molecule has 0 unspecified atom stereocenters. The normalized spacial score (nSPS) is 10.7. The van der Waals surface area contributed by atoms with Gasteiger partial charge in [0.15, 0.2) is 5.65 Å². The van der Waals surface area contributed by atoms with Crippen molar-refractivity contribution in [3.05, 3.63) is 48.3 Å². The van der Waals surface area contributed by atoms with Crippen LogP contribution in [-0.2, 0) is 6.42 Å². The van der Waals surface area contributed by atoms with Crippen molar-refractivity contribution in [2.24, 2.45) is 0 Å². The van der Waals surface area contributed by atoms with Gasteiger partial charge in [-0.25, -0.2) is 4.98 Å². The Hall–Kier alpha value is -2.56. The van der Waals surface area contributed by atoms with Gasteiger partial charge < -0.3 is 15.0 Å². The maximum atomic E-state index is 5.09. The van der Waals surface area contributed by atoms with Crippen LogP contribution < -0.4 is 10.1 Å². The highest BCUT2D eigenvalue weighted by atomic mass is 16.5. The number of aromatic amines is 1. The fourth-order valence-electron chi connectivity index (χ4n) is 2.04. The van der Waals surface area contributed by atoms with Gasteiger partial charge in [0, 0.05) is 24.7 Å². The highest BCUT2D eigenvalue weighted by molar-refractivity contribution is 5.71. The van der Waals surface area contributed by atoms with Crippen LogP contribution in [0.5, 0.6) is 5.88 Å². The van der Waals surface area contributed by atoms with E-state index in [1.54, 1.807) is 7.11 Å². The fraction of sp³-hybridized carbons (Fsp3) is 0.200. The van der Waals surface area contributed by atoms with Crippen LogP contribution in [0.3, 0.4) is 0 Å². The number of hydrogen-bond acceptors (Lipinski definition) is 4. The van der Waals surface area contributed by atoms with E-state index in [1.807, 2.05) is 42.5 Å². The molecule has 102 valence electrons. The standard InChI is InChI=1S/C15H16N4O/c1-20-14-8-7-12-15(19-14)18-13(17-12)9-10-16-11-5-3-2-4-6-11/h2-8,16H,9-10H2,1H3,(H,17,18,19). The van der Waals surface area contributed by atoms with Gasteiger partial charge in [0.25, 0.3) is 0 Å². The largest absolute Gasteiger partial charge is 0.481 e. The summed E-state index contributed by atoms with van der Waals surface area (Å²) in [5, 5.41) is 3.35. The third kappa shape index (κ3) is 2.71. The summed E-state index contributed by atoms with van der Waals surface area (Å²) in [5.74, 6) is 1.50. The van der Waals surface area contributed by atoms with E-state index >= 15 is 0 Å². The topological polar surface area (TPSA) is 62.8 Å². The molecule has 0 aliphatic heterocycles. The van der Waals surface area contributed by atoms with Crippen LogP contribution >= 0.6 is 0 Å². The molecular formula is C15H16N4O. The summed E-state index contributed by atoms with van der Waals surface area (Å²) in [7, 11) is 1.60. The smallest absolute Gasteiger partial charge is 0.215 e. The van der Waals surface area contributed by atoms with E-state index in [0.29, 0.717) is 11.5 Å². The molecule has 3 rings (SSSR count). The predicted octanol–water partition coefficient (Wildman–Crippen LogP) is 2.62. The van der Waals surface area contributed by atoms with Crippen molar-refractivity contribution in [2.75, 3.05) is 19.0 Å². The molecule has 3 aromatic rings. The number of pyridine rings is 1. The molecule has 5 heteroatoms. The molecule has 0 aliphatic carbocycles. The first kappa shape index (κ1) is 12.5. The summed E-state index contributed by atoms with van der Waals surface area (Å²) in [5.41, 5.74) is 2.74. The van der Waals surface area contributed by atoms with Crippen LogP contribution in [0, 0.1) is 0 Å². The highest BCUT2D eigenvalue weighted by Crippen LogP contribution is 2.14. The average Bonchev–Trinajstić information content (AvgIpc) is 2.90. The van der Waals surface area contributed by atoms with Crippen LogP contribution in [0.2, 0.25) is 0 Å². The van der Waals surface area contributed by atoms with Gasteiger partial charge in [-0.3, -0.25) is 0 Å². The van der Waals surface area contributed by atoms with Crippen molar-refractivity contribution in [2.45, 2.75) is 6.42 Å². The number of nitrogens with zero attached hydrogens (tertiary/aromatic N) is 2. The fourth-order valence-corrected chi connectivity index (χ4v) is 2.04. The molecule has 0 amide bonds. The van der Waals surface area contributed by atoms with Crippen molar-refractivity contribution in [1.82, 2.24) is 15.0 Å². The summed E-state index contributed by atoms with van der Waals surface area (Å²) >= 11 is 0. The first-order valence-corrected chi connectivity index (χ1v) is 6.54. The number of aromatic nitrogens is 3. The zero-order chi connectivity index (χ0) is 13.8. The summed E-state index contributed by atoms with van der Waals surface area (Å²) in [6, 6.07) is 13.9. The molecule has 0 spiro atoms. The Kier molecular flexibility index (Phi) is 3.50. The number of anilines is 1. The van der Waals surface area contributed by atoms with Crippen molar-refractivity contribution < 1.29 is 4.74 Å². The number of fused-ring (bicyclic) bond motifs is 1. The van der Waals surface area contributed by atoms with E-state index in [-0.39, 0.29) is 0 Å². The van der Waals surface area contributed by atoms with Crippen molar-refractivity contribution in [3.63, 3.8) is 0 Å². The zero-order valence-corrected chi connectivity index (χ0v) is 11.3. The number of H-pyrrole nitrogens is 1. The van der Waals surface area contributed by atoms with E-state index in [1.165, 1.54) is 0 Å². The molecule has 0 aliphatic rings. The second-order valence-electron chi connectivity index (χ2n) is 4.45. The molecule has 2 aromatic heterocycles. The number of rotatable bonds is 5. The lowest BCUT2D eigenvalue weighted by Gasteiger charge is -2.03. The molecule has 0 saturated carbocycles. The number of benzene rings is 1. The Labute approximate surface area is 117 Å². The van der Waals surface area contributed by atoms with Crippen LogP contribution in [0.15, 0.2) is 42.5 Å². The lowest BCUT2D eigenvalue weighted by Crippen LogP contribution is -2.05. The maximum Gasteiger partial charge on any atom is 0.215 e. The second-order valence-corrected chi connectivity index (χ2v) is 4.45. The van der Waals surface area contributed by atoms with Gasteiger partial charge in [0.2, 0.25) is 5.88 Å². The SMILES string of the molecule is COc1ccc2[nH]c(CCNc3ccccc3)nc2n1. The van der Waals surface area contributed by atoms with Gasteiger partial charge in [-0.05, 0) is 18.2 Å². The predicted molar refractivity (Wildman–Crippen MR) is 79.1 cm³/mol. The molecule has 2 heterocycles. The van der Waals surface area contributed by atoms with Gasteiger partial charge in [-0.15, -0.1) is 0 Å². The minimum atomic E-state index is 0.581. The third-order valence-corrected chi connectivity index (χ3v) is 3.04. The first-order valence-electron chi connectivity index (χ1n) is 6.54. The lowest BCUT2D eigenvalue weighted by molar-refractivity contribution is 0.399. The first-order chi connectivity index (χ1) is 9.85. The summed E-state index contributed by atoms with van der Waals surface area (Å²) in [6.07, 6.45) is 0.813. The molecular weight excluding hydrogens is 252 g/mol. The summed E-state index contributed by atoms with van der Waals surface area (Å²) in [6.45, 7) is 0.820. The van der Waals surface area contributed by atoms with E-state index in [9.17, 15) is 0 Å². The Morgan fingerprint density at radius 2 is 1.95 bits per heavy atom. The van der Waals surface area contributed by atoms with Crippen LogP contribution in [0.4, 0.5) is 5.69 Å². The molecule has 5 nitrogen and oxygen atoms in total. The van der Waals surface area contributed by atoms with Crippen molar-refractivity contribution >= 4 is 16.9 Å². The highest BCUT2D eigenvalue weighted by Gasteiger charge is 2.05. The van der Waals surface area contributed by atoms with Gasteiger partial charge in [-0.1, -0.05) is 18.2 Å². The Balaban J connectivity index is 1.66. The number of hydrogen-bond donors (Lipinski definition) is 2. The molecule has 0 radical (unpaired) electrons. The van der Waals surface area contributed by atoms with E-state index in [0.717, 1.165) is 30.0 Å². The second kappa shape index (κ2) is 5.61. The maximum absolute atomic E-state index is 5.09. The molecule has 0 bridgehead atoms. The molecule has 0 saturated heterocycles. The summed E-state index contributed by atoms with van der Waals surface area (Å²) in [4.78, 5) is 12.0. The van der Waals surface area contributed by atoms with E-state index in [4.69, 9.17) is 4.74 Å². The average molecular weight is 268 g/mol. The lowest BCUT2D eigenvalue weighted by atomic mass is 10.3. The van der Waals surface area contributed by atoms with Gasteiger partial charge in [0.05, 0.1) is 12.6 Å². The Morgan fingerprint density at radius 3 is 2.75 bits per heavy atom. The van der Waals surface area contributed by atoms with E-state index < -0.39 is 0 Å². The minimum Gasteiger partial charge on any atom is -0.481 e. The molecule has 2 N–H and O–H groups in total. The summed E-state index contributed by atoms with van der Waals surface area (Å²) < 4.78 is 5.09. The van der Waals surface area contributed by atoms with Crippen LogP contribution in [-0.4, -0.2) is 28.6 Å².